The smallest absolute Gasteiger partial charge is 0.286 e. The first-order chi connectivity index (χ1) is 16.4. The molecule has 2 aliphatic rings. The SMILES string of the molecule is Cc1ccc(N2CCN(C3=NC(=O)C(=Cc4ccc(-c5cc(Cl)ccc5Cl)o4)S3)CC2)cc1Cl. The minimum Gasteiger partial charge on any atom is -0.457 e. The van der Waals surface area contributed by atoms with Crippen molar-refractivity contribution in [2.75, 3.05) is 31.1 Å². The van der Waals surface area contributed by atoms with Crippen LogP contribution in [0.25, 0.3) is 17.4 Å². The van der Waals surface area contributed by atoms with Crippen LogP contribution in [0.15, 0.2) is 62.8 Å². The fraction of sp³-hybridized carbons (Fsp3) is 0.200. The van der Waals surface area contributed by atoms with Crippen LogP contribution in [0.5, 0.6) is 0 Å². The third-order valence-electron chi connectivity index (χ3n) is 5.77. The van der Waals surface area contributed by atoms with Gasteiger partial charge in [0.25, 0.3) is 5.91 Å². The second-order valence-corrected chi connectivity index (χ2v) is 10.3. The lowest BCUT2D eigenvalue weighted by molar-refractivity contribution is -0.113. The van der Waals surface area contributed by atoms with E-state index >= 15 is 0 Å². The minimum absolute atomic E-state index is 0.258. The predicted octanol–water partition coefficient (Wildman–Crippen LogP) is 7.01. The molecule has 5 nitrogen and oxygen atoms in total. The van der Waals surface area contributed by atoms with Crippen LogP contribution in [-0.4, -0.2) is 42.2 Å². The zero-order chi connectivity index (χ0) is 23.8. The largest absolute Gasteiger partial charge is 0.457 e. The zero-order valence-corrected chi connectivity index (χ0v) is 21.3. The molecule has 2 aromatic carbocycles. The van der Waals surface area contributed by atoms with Crippen LogP contribution in [0.1, 0.15) is 11.3 Å². The van der Waals surface area contributed by atoms with Crippen LogP contribution in [0.4, 0.5) is 5.69 Å². The van der Waals surface area contributed by atoms with Gasteiger partial charge < -0.3 is 14.2 Å². The fourth-order valence-corrected chi connectivity index (χ4v) is 5.36. The van der Waals surface area contributed by atoms with Gasteiger partial charge in [-0.3, -0.25) is 4.79 Å². The normalized spacial score (nSPS) is 17.6. The highest BCUT2D eigenvalue weighted by atomic mass is 35.5. The Bertz CT molecular complexity index is 1330. The minimum atomic E-state index is -0.258. The van der Waals surface area contributed by atoms with Gasteiger partial charge in [-0.1, -0.05) is 40.9 Å². The summed E-state index contributed by atoms with van der Waals surface area (Å²) in [6.45, 7) is 5.20. The maximum atomic E-state index is 12.6. The third kappa shape index (κ3) is 4.86. The first kappa shape index (κ1) is 23.4. The number of hydrogen-bond donors (Lipinski definition) is 0. The number of thioether (sulfide) groups is 1. The van der Waals surface area contributed by atoms with Crippen LogP contribution in [0.3, 0.4) is 0 Å². The first-order valence-electron chi connectivity index (χ1n) is 10.7. The van der Waals surface area contributed by atoms with E-state index in [2.05, 4.69) is 20.9 Å². The van der Waals surface area contributed by atoms with E-state index in [0.29, 0.717) is 32.0 Å². The van der Waals surface area contributed by atoms with Crippen molar-refractivity contribution in [1.82, 2.24) is 4.90 Å². The molecule has 0 atom stereocenters. The monoisotopic (exact) mass is 531 g/mol. The van der Waals surface area contributed by atoms with Gasteiger partial charge in [-0.15, -0.1) is 0 Å². The van der Waals surface area contributed by atoms with Crippen molar-refractivity contribution in [2.24, 2.45) is 4.99 Å². The van der Waals surface area contributed by atoms with Crippen molar-refractivity contribution in [1.29, 1.82) is 0 Å². The molecule has 0 bridgehead atoms. The summed E-state index contributed by atoms with van der Waals surface area (Å²) < 4.78 is 5.91. The average molecular weight is 533 g/mol. The highest BCUT2D eigenvalue weighted by molar-refractivity contribution is 8.18. The number of amidine groups is 1. The van der Waals surface area contributed by atoms with Crippen LogP contribution in [0, 0.1) is 6.92 Å². The number of carbonyl (C=O) groups is 1. The molecule has 9 heteroatoms. The Hall–Kier alpha value is -2.38. The molecule has 3 heterocycles. The number of nitrogens with zero attached hydrogens (tertiary/aromatic N) is 3. The topological polar surface area (TPSA) is 49.0 Å². The average Bonchev–Trinajstić information content (AvgIpc) is 3.44. The molecule has 0 unspecified atom stereocenters. The Kier molecular flexibility index (Phi) is 6.67. The lowest BCUT2D eigenvalue weighted by Gasteiger charge is -2.36. The third-order valence-corrected chi connectivity index (χ3v) is 7.79. The summed E-state index contributed by atoms with van der Waals surface area (Å²) in [5.74, 6) is 0.883. The van der Waals surface area contributed by atoms with Crippen molar-refractivity contribution < 1.29 is 9.21 Å². The maximum Gasteiger partial charge on any atom is 0.286 e. The summed E-state index contributed by atoms with van der Waals surface area (Å²) in [6.07, 6.45) is 1.72. The van der Waals surface area contributed by atoms with Crippen molar-refractivity contribution in [3.63, 3.8) is 0 Å². The number of halogens is 3. The van der Waals surface area contributed by atoms with E-state index in [1.807, 2.05) is 25.1 Å². The molecule has 34 heavy (non-hydrogen) atoms. The molecular weight excluding hydrogens is 513 g/mol. The summed E-state index contributed by atoms with van der Waals surface area (Å²) in [5.41, 5.74) is 2.88. The summed E-state index contributed by atoms with van der Waals surface area (Å²) in [6, 6.07) is 15.0. The van der Waals surface area contributed by atoms with Crippen molar-refractivity contribution in [2.45, 2.75) is 6.92 Å². The van der Waals surface area contributed by atoms with Crippen molar-refractivity contribution in [3.8, 4) is 11.3 Å². The highest BCUT2D eigenvalue weighted by Gasteiger charge is 2.29. The van der Waals surface area contributed by atoms with Crippen molar-refractivity contribution in [3.05, 3.63) is 79.8 Å². The molecule has 3 aromatic rings. The second-order valence-electron chi connectivity index (χ2n) is 8.04. The number of anilines is 1. The van der Waals surface area contributed by atoms with E-state index in [1.165, 1.54) is 11.8 Å². The lowest BCUT2D eigenvalue weighted by Crippen LogP contribution is -2.47. The number of amides is 1. The Morgan fingerprint density at radius 1 is 0.941 bits per heavy atom. The summed E-state index contributed by atoms with van der Waals surface area (Å²) in [4.78, 5) is 21.8. The van der Waals surface area contributed by atoms with Gasteiger partial charge in [0.05, 0.1) is 9.93 Å². The molecule has 5 rings (SSSR count). The quantitative estimate of drug-likeness (QED) is 0.340. The standard InChI is InChI=1S/C25H20Cl3N3O2S/c1-15-2-4-17(13-21(15)28)30-8-10-31(11-9-30)25-29-24(32)23(34-25)14-18-5-7-22(33-18)19-12-16(26)3-6-20(19)27/h2-7,12-14H,8-11H2,1H3. The number of carbonyl (C=O) groups excluding carboxylic acids is 1. The van der Waals surface area contributed by atoms with Gasteiger partial charge in [0.15, 0.2) is 5.17 Å². The Morgan fingerprint density at radius 3 is 2.47 bits per heavy atom. The van der Waals surface area contributed by atoms with E-state index in [0.717, 1.165) is 47.6 Å². The molecule has 1 fully saturated rings. The van der Waals surface area contributed by atoms with Gasteiger partial charge in [0, 0.05) is 53.6 Å². The zero-order valence-electron chi connectivity index (χ0n) is 18.2. The van der Waals surface area contributed by atoms with Crippen LogP contribution < -0.4 is 4.90 Å². The second kappa shape index (κ2) is 9.70. The maximum absolute atomic E-state index is 12.6. The number of aliphatic imine (C=N–C) groups is 1. The molecule has 0 saturated carbocycles. The fourth-order valence-electron chi connectivity index (χ4n) is 3.86. The van der Waals surface area contributed by atoms with E-state index in [-0.39, 0.29) is 5.91 Å². The highest BCUT2D eigenvalue weighted by Crippen LogP contribution is 2.35. The van der Waals surface area contributed by atoms with Crippen LogP contribution in [0.2, 0.25) is 15.1 Å². The van der Waals surface area contributed by atoms with Crippen LogP contribution >= 0.6 is 46.6 Å². The number of aryl methyl sites for hydroxylation is 1. The number of hydrogen-bond acceptors (Lipinski definition) is 5. The summed E-state index contributed by atoms with van der Waals surface area (Å²) in [5, 5.41) is 2.61. The van der Waals surface area contributed by atoms with E-state index in [4.69, 9.17) is 39.2 Å². The summed E-state index contributed by atoms with van der Waals surface area (Å²) >= 11 is 20.0. The van der Waals surface area contributed by atoms with E-state index < -0.39 is 0 Å². The summed E-state index contributed by atoms with van der Waals surface area (Å²) in [7, 11) is 0. The van der Waals surface area contributed by atoms with Gasteiger partial charge >= 0.3 is 0 Å². The molecule has 1 saturated heterocycles. The van der Waals surface area contributed by atoms with Gasteiger partial charge in [-0.05, 0) is 66.7 Å². The van der Waals surface area contributed by atoms with Crippen molar-refractivity contribution >= 4 is 69.4 Å². The number of rotatable bonds is 3. The lowest BCUT2D eigenvalue weighted by atomic mass is 10.2. The Balaban J connectivity index is 1.24. The van der Waals surface area contributed by atoms with Gasteiger partial charge in [-0.2, -0.15) is 4.99 Å². The molecule has 1 aromatic heterocycles. The molecule has 0 radical (unpaired) electrons. The van der Waals surface area contributed by atoms with Crippen LogP contribution in [-0.2, 0) is 4.79 Å². The Morgan fingerprint density at radius 2 is 1.71 bits per heavy atom. The molecule has 1 amide bonds. The predicted molar refractivity (Wildman–Crippen MR) is 142 cm³/mol. The molecular formula is C25H20Cl3N3O2S. The molecule has 0 spiro atoms. The van der Waals surface area contributed by atoms with Gasteiger partial charge in [-0.25, -0.2) is 0 Å². The van der Waals surface area contributed by atoms with Gasteiger partial charge in [0.1, 0.15) is 11.5 Å². The van der Waals surface area contributed by atoms with E-state index in [1.54, 1.807) is 30.3 Å². The molecule has 0 N–H and O–H groups in total. The molecule has 174 valence electrons. The first-order valence-corrected chi connectivity index (χ1v) is 12.7. The molecule has 2 aliphatic heterocycles. The Labute approximate surface area is 217 Å². The number of furan rings is 1. The number of piperazine rings is 1. The van der Waals surface area contributed by atoms with E-state index in [9.17, 15) is 4.79 Å². The molecule has 0 aliphatic carbocycles. The van der Waals surface area contributed by atoms with Gasteiger partial charge in [0.2, 0.25) is 0 Å². The number of benzene rings is 2.